The molecule has 0 radical (unpaired) electrons. The van der Waals surface area contributed by atoms with Crippen molar-refractivity contribution in [3.8, 4) is 0 Å². The predicted octanol–water partition coefficient (Wildman–Crippen LogP) is 3.56. The summed E-state index contributed by atoms with van der Waals surface area (Å²) in [5, 5.41) is 2.04. The lowest BCUT2D eigenvalue weighted by atomic mass is 10.3. The number of aromatic nitrogens is 1. The Labute approximate surface area is 91.6 Å². The van der Waals surface area contributed by atoms with Gasteiger partial charge in [-0.25, -0.2) is 4.98 Å². The van der Waals surface area contributed by atoms with E-state index in [0.717, 1.165) is 6.07 Å². The number of nitrogens with zero attached hydrogens (tertiary/aromatic N) is 1. The fraction of sp³-hybridized carbons (Fsp3) is 0.286. The van der Waals surface area contributed by atoms with E-state index in [-0.39, 0.29) is 10.3 Å². The van der Waals surface area contributed by atoms with Gasteiger partial charge in [-0.15, -0.1) is 0 Å². The van der Waals surface area contributed by atoms with Gasteiger partial charge in [0.25, 0.3) is 0 Å². The fourth-order valence-corrected chi connectivity index (χ4v) is 1.60. The van der Waals surface area contributed by atoms with Crippen LogP contribution in [0.4, 0.5) is 19.0 Å². The summed E-state index contributed by atoms with van der Waals surface area (Å²) < 4.78 is 37.1. The van der Waals surface area contributed by atoms with Crippen LogP contribution in [0.1, 0.15) is 5.56 Å². The highest BCUT2D eigenvalue weighted by atomic mass is 79.9. The summed E-state index contributed by atoms with van der Waals surface area (Å²) >= 11 is 8.32. The zero-order chi connectivity index (χ0) is 10.9. The molecule has 7 heteroatoms. The van der Waals surface area contributed by atoms with Crippen molar-refractivity contribution in [1.82, 2.24) is 4.98 Å². The second-order valence-corrected chi connectivity index (χ2v) is 3.62. The number of nitrogens with one attached hydrogen (secondary N) is 1. The van der Waals surface area contributed by atoms with Gasteiger partial charge in [-0.1, -0.05) is 11.6 Å². The molecular formula is C7H5BrClF3N2. The van der Waals surface area contributed by atoms with Crippen LogP contribution in [0.15, 0.2) is 10.5 Å². The average molecular weight is 289 g/mol. The lowest BCUT2D eigenvalue weighted by molar-refractivity contribution is -0.137. The maximum absolute atomic E-state index is 12.3. The molecule has 0 aromatic carbocycles. The highest BCUT2D eigenvalue weighted by molar-refractivity contribution is 9.10. The molecule has 0 spiro atoms. The Bertz CT molecular complexity index is 354. The first-order valence-corrected chi connectivity index (χ1v) is 4.64. The topological polar surface area (TPSA) is 24.9 Å². The Morgan fingerprint density at radius 1 is 1.50 bits per heavy atom. The smallest absolute Gasteiger partial charge is 0.372 e. The first-order valence-electron chi connectivity index (χ1n) is 3.47. The first kappa shape index (κ1) is 11.6. The zero-order valence-corrected chi connectivity index (χ0v) is 9.26. The molecule has 1 aromatic rings. The lowest BCUT2D eigenvalue weighted by Crippen LogP contribution is -2.08. The summed E-state index contributed by atoms with van der Waals surface area (Å²) in [4.78, 5) is 3.55. The third-order valence-electron chi connectivity index (χ3n) is 1.47. The maximum Gasteiger partial charge on any atom is 0.419 e. The Morgan fingerprint density at radius 3 is 2.50 bits per heavy atom. The largest absolute Gasteiger partial charge is 0.419 e. The van der Waals surface area contributed by atoms with E-state index in [2.05, 4.69) is 26.2 Å². The molecule has 1 N–H and O–H groups in total. The van der Waals surface area contributed by atoms with Crippen molar-refractivity contribution in [2.75, 3.05) is 12.4 Å². The highest BCUT2D eigenvalue weighted by Crippen LogP contribution is 2.37. The van der Waals surface area contributed by atoms with Crippen LogP contribution in [0, 0.1) is 0 Å². The van der Waals surface area contributed by atoms with Gasteiger partial charge in [0.2, 0.25) is 0 Å². The molecule has 0 aliphatic rings. The van der Waals surface area contributed by atoms with E-state index in [1.165, 1.54) is 7.05 Å². The van der Waals surface area contributed by atoms with Crippen LogP contribution < -0.4 is 5.32 Å². The molecule has 0 aliphatic heterocycles. The average Bonchev–Trinajstić information content (AvgIpc) is 2.06. The summed E-state index contributed by atoms with van der Waals surface area (Å²) in [6.07, 6.45) is -4.49. The van der Waals surface area contributed by atoms with Gasteiger partial charge in [0, 0.05) is 7.05 Å². The molecule has 0 fully saturated rings. The van der Waals surface area contributed by atoms with E-state index in [9.17, 15) is 13.2 Å². The maximum atomic E-state index is 12.3. The molecule has 1 aromatic heterocycles. The van der Waals surface area contributed by atoms with Crippen molar-refractivity contribution in [3.63, 3.8) is 0 Å². The second kappa shape index (κ2) is 3.94. The van der Waals surface area contributed by atoms with Crippen LogP contribution in [0.5, 0.6) is 0 Å². The summed E-state index contributed by atoms with van der Waals surface area (Å²) in [5.74, 6) is 0.267. The van der Waals surface area contributed by atoms with Crippen molar-refractivity contribution >= 4 is 33.3 Å². The summed E-state index contributed by atoms with van der Waals surface area (Å²) in [6, 6.07) is 0.890. The van der Waals surface area contributed by atoms with Crippen LogP contribution >= 0.6 is 27.5 Å². The molecule has 1 rings (SSSR count). The van der Waals surface area contributed by atoms with E-state index in [0.29, 0.717) is 0 Å². The van der Waals surface area contributed by atoms with Crippen LogP contribution in [-0.4, -0.2) is 12.0 Å². The minimum atomic E-state index is -4.49. The van der Waals surface area contributed by atoms with Gasteiger partial charge in [0.05, 0.1) is 10.0 Å². The van der Waals surface area contributed by atoms with Gasteiger partial charge >= 0.3 is 6.18 Å². The Balaban J connectivity index is 3.29. The lowest BCUT2D eigenvalue weighted by Gasteiger charge is -2.10. The van der Waals surface area contributed by atoms with Gasteiger partial charge in [-0.3, -0.25) is 0 Å². The number of alkyl halides is 3. The molecule has 0 aliphatic carbocycles. The molecule has 0 atom stereocenters. The number of anilines is 1. The second-order valence-electron chi connectivity index (χ2n) is 2.40. The van der Waals surface area contributed by atoms with Gasteiger partial charge < -0.3 is 5.32 Å². The van der Waals surface area contributed by atoms with Gasteiger partial charge in [-0.2, -0.15) is 13.2 Å². The van der Waals surface area contributed by atoms with Crippen LogP contribution in [0.2, 0.25) is 5.15 Å². The third kappa shape index (κ3) is 2.30. The van der Waals surface area contributed by atoms with Gasteiger partial charge in [0.1, 0.15) is 11.0 Å². The Morgan fingerprint density at radius 2 is 2.07 bits per heavy atom. The van der Waals surface area contributed by atoms with Gasteiger partial charge in [-0.05, 0) is 22.0 Å². The minimum Gasteiger partial charge on any atom is -0.372 e. The quantitative estimate of drug-likeness (QED) is 0.800. The van der Waals surface area contributed by atoms with E-state index in [1.54, 1.807) is 0 Å². The number of rotatable bonds is 1. The standard InChI is InChI=1S/C7H5BrClF3N2/c1-13-6-4(8)2-3(5(9)14-6)7(10,11)12/h2H,1H3,(H,13,14). The Kier molecular flexibility index (Phi) is 3.26. The summed E-state index contributed by atoms with van der Waals surface area (Å²) in [7, 11) is 1.54. The van der Waals surface area contributed by atoms with Crippen LogP contribution in [0.3, 0.4) is 0 Å². The normalized spacial score (nSPS) is 11.6. The molecule has 1 heterocycles. The van der Waals surface area contributed by atoms with E-state index in [4.69, 9.17) is 11.6 Å². The molecule has 0 amide bonds. The molecule has 2 nitrogen and oxygen atoms in total. The molecule has 78 valence electrons. The first-order chi connectivity index (χ1) is 6.36. The van der Waals surface area contributed by atoms with Crippen molar-refractivity contribution in [2.24, 2.45) is 0 Å². The van der Waals surface area contributed by atoms with E-state index in [1.807, 2.05) is 0 Å². The Hall–Kier alpha value is -0.490. The highest BCUT2D eigenvalue weighted by Gasteiger charge is 2.34. The number of hydrogen-bond acceptors (Lipinski definition) is 2. The zero-order valence-electron chi connectivity index (χ0n) is 6.91. The molecule has 0 saturated carbocycles. The van der Waals surface area contributed by atoms with Crippen molar-refractivity contribution in [2.45, 2.75) is 6.18 Å². The molecule has 0 saturated heterocycles. The van der Waals surface area contributed by atoms with Crippen molar-refractivity contribution in [3.05, 3.63) is 21.3 Å². The van der Waals surface area contributed by atoms with Crippen molar-refractivity contribution in [1.29, 1.82) is 0 Å². The predicted molar refractivity (Wildman–Crippen MR) is 51.5 cm³/mol. The molecule has 14 heavy (non-hydrogen) atoms. The third-order valence-corrected chi connectivity index (χ3v) is 2.36. The molecule has 0 bridgehead atoms. The monoisotopic (exact) mass is 288 g/mol. The van der Waals surface area contributed by atoms with E-state index >= 15 is 0 Å². The summed E-state index contributed by atoms with van der Waals surface area (Å²) in [5.41, 5.74) is -0.954. The molecule has 0 unspecified atom stereocenters. The number of halogens is 5. The van der Waals surface area contributed by atoms with Crippen LogP contribution in [-0.2, 0) is 6.18 Å². The van der Waals surface area contributed by atoms with E-state index < -0.39 is 16.9 Å². The molecular weight excluding hydrogens is 284 g/mol. The fourth-order valence-electron chi connectivity index (χ4n) is 0.841. The number of hydrogen-bond donors (Lipinski definition) is 1. The number of pyridine rings is 1. The van der Waals surface area contributed by atoms with Crippen molar-refractivity contribution < 1.29 is 13.2 Å². The van der Waals surface area contributed by atoms with Gasteiger partial charge in [0.15, 0.2) is 0 Å². The van der Waals surface area contributed by atoms with Crippen LogP contribution in [0.25, 0.3) is 0 Å². The SMILES string of the molecule is CNc1nc(Cl)c(C(F)(F)F)cc1Br. The minimum absolute atomic E-state index is 0.219. The summed E-state index contributed by atoms with van der Waals surface area (Å²) in [6.45, 7) is 0.